The lowest BCUT2D eigenvalue weighted by Crippen LogP contribution is -2.12. The molecule has 0 radical (unpaired) electrons. The van der Waals surface area contributed by atoms with Crippen molar-refractivity contribution in [2.45, 2.75) is 24.5 Å². The van der Waals surface area contributed by atoms with E-state index >= 15 is 0 Å². The predicted octanol–water partition coefficient (Wildman–Crippen LogP) is 3.69. The molecule has 0 aliphatic heterocycles. The minimum Gasteiger partial charge on any atom is -0.338 e. The van der Waals surface area contributed by atoms with Crippen LogP contribution >= 0.6 is 23.1 Å². The number of thioether (sulfide) groups is 1. The fourth-order valence-corrected chi connectivity index (χ4v) is 3.46. The fourth-order valence-electron chi connectivity index (χ4n) is 1.89. The first-order valence-electron chi connectivity index (χ1n) is 6.86. The Morgan fingerprint density at radius 3 is 2.83 bits per heavy atom. The Bertz CT molecular complexity index is 828. The molecule has 8 heteroatoms. The number of carbonyl (C=O) groups excluding carboxylic acids is 1. The molecule has 0 unspecified atom stereocenters. The SMILES string of the molecule is Cc1csc(NC(=O)c2ccccc2SCc2nc(C)no2)n1. The van der Waals surface area contributed by atoms with Gasteiger partial charge in [0.05, 0.1) is 17.0 Å². The van der Waals surface area contributed by atoms with Crippen molar-refractivity contribution in [3.8, 4) is 0 Å². The highest BCUT2D eigenvalue weighted by Gasteiger charge is 2.14. The Kier molecular flexibility index (Phi) is 4.73. The molecule has 1 amide bonds. The van der Waals surface area contributed by atoms with E-state index in [0.717, 1.165) is 10.6 Å². The molecular weight excluding hydrogens is 332 g/mol. The normalized spacial score (nSPS) is 10.7. The van der Waals surface area contributed by atoms with E-state index in [2.05, 4.69) is 20.4 Å². The molecule has 0 spiro atoms. The van der Waals surface area contributed by atoms with Gasteiger partial charge in [-0.15, -0.1) is 23.1 Å². The average molecular weight is 346 g/mol. The monoisotopic (exact) mass is 346 g/mol. The number of nitrogens with zero attached hydrogens (tertiary/aromatic N) is 3. The second-order valence-electron chi connectivity index (χ2n) is 4.77. The highest BCUT2D eigenvalue weighted by Crippen LogP contribution is 2.27. The molecule has 0 fully saturated rings. The van der Waals surface area contributed by atoms with Crippen molar-refractivity contribution in [1.82, 2.24) is 15.1 Å². The number of hydrogen-bond acceptors (Lipinski definition) is 7. The van der Waals surface area contributed by atoms with Crippen molar-refractivity contribution in [3.63, 3.8) is 0 Å². The zero-order valence-corrected chi connectivity index (χ0v) is 14.2. The maximum absolute atomic E-state index is 12.5. The molecule has 6 nitrogen and oxygen atoms in total. The molecule has 1 aromatic carbocycles. The van der Waals surface area contributed by atoms with Gasteiger partial charge in [0.2, 0.25) is 5.89 Å². The maximum atomic E-state index is 12.5. The molecule has 0 saturated heterocycles. The van der Waals surface area contributed by atoms with E-state index < -0.39 is 0 Å². The van der Waals surface area contributed by atoms with E-state index in [1.807, 2.05) is 30.5 Å². The highest BCUT2D eigenvalue weighted by atomic mass is 32.2. The zero-order chi connectivity index (χ0) is 16.2. The zero-order valence-electron chi connectivity index (χ0n) is 12.6. The molecule has 1 N–H and O–H groups in total. The summed E-state index contributed by atoms with van der Waals surface area (Å²) >= 11 is 2.89. The Balaban J connectivity index is 1.73. The number of thiazole rings is 1. The Hall–Kier alpha value is -2.19. The van der Waals surface area contributed by atoms with Gasteiger partial charge in [-0.25, -0.2) is 4.98 Å². The van der Waals surface area contributed by atoms with Crippen LogP contribution in [0.5, 0.6) is 0 Å². The van der Waals surface area contributed by atoms with E-state index in [1.54, 1.807) is 13.0 Å². The lowest BCUT2D eigenvalue weighted by Gasteiger charge is -2.07. The number of rotatable bonds is 5. The predicted molar refractivity (Wildman–Crippen MR) is 89.8 cm³/mol. The molecule has 2 heterocycles. The van der Waals surface area contributed by atoms with Gasteiger partial charge in [-0.1, -0.05) is 17.3 Å². The Labute approximate surface area is 141 Å². The number of aromatic nitrogens is 3. The summed E-state index contributed by atoms with van der Waals surface area (Å²) in [6, 6.07) is 7.42. The summed E-state index contributed by atoms with van der Waals surface area (Å²) in [5.74, 6) is 1.48. The van der Waals surface area contributed by atoms with Crippen molar-refractivity contribution in [2.75, 3.05) is 5.32 Å². The first-order valence-corrected chi connectivity index (χ1v) is 8.73. The summed E-state index contributed by atoms with van der Waals surface area (Å²) in [6.07, 6.45) is 0. The molecular formula is C15H14N4O2S2. The number of anilines is 1. The number of carbonyl (C=O) groups is 1. The van der Waals surface area contributed by atoms with Crippen LogP contribution in [0.3, 0.4) is 0 Å². The van der Waals surface area contributed by atoms with Crippen molar-refractivity contribution in [1.29, 1.82) is 0 Å². The lowest BCUT2D eigenvalue weighted by atomic mass is 10.2. The van der Waals surface area contributed by atoms with Gasteiger partial charge in [0.25, 0.3) is 5.91 Å². The standard InChI is InChI=1S/C15H14N4O2S2/c1-9-7-23-15(16-9)18-14(20)11-5-3-4-6-12(11)22-8-13-17-10(2)19-21-13/h3-7H,8H2,1-2H3,(H,16,18,20). The van der Waals surface area contributed by atoms with Gasteiger partial charge >= 0.3 is 0 Å². The summed E-state index contributed by atoms with van der Waals surface area (Å²) < 4.78 is 5.09. The van der Waals surface area contributed by atoms with Crippen LogP contribution in [-0.4, -0.2) is 21.0 Å². The van der Waals surface area contributed by atoms with Crippen LogP contribution < -0.4 is 5.32 Å². The number of amides is 1. The number of nitrogens with one attached hydrogen (secondary N) is 1. The maximum Gasteiger partial charge on any atom is 0.258 e. The third-order valence-corrected chi connectivity index (χ3v) is 4.83. The van der Waals surface area contributed by atoms with Gasteiger partial charge in [0, 0.05) is 10.3 Å². The highest BCUT2D eigenvalue weighted by molar-refractivity contribution is 7.98. The van der Waals surface area contributed by atoms with E-state index in [4.69, 9.17) is 4.52 Å². The van der Waals surface area contributed by atoms with Crippen LogP contribution in [0, 0.1) is 13.8 Å². The van der Waals surface area contributed by atoms with Gasteiger partial charge < -0.3 is 4.52 Å². The summed E-state index contributed by atoms with van der Waals surface area (Å²) in [6.45, 7) is 3.66. The van der Waals surface area contributed by atoms with Crippen LogP contribution in [0.25, 0.3) is 0 Å². The summed E-state index contributed by atoms with van der Waals surface area (Å²) in [4.78, 5) is 21.7. The van der Waals surface area contributed by atoms with Crippen molar-refractivity contribution >= 4 is 34.1 Å². The van der Waals surface area contributed by atoms with E-state index in [0.29, 0.717) is 28.2 Å². The van der Waals surface area contributed by atoms with Crippen molar-refractivity contribution in [3.05, 3.63) is 52.6 Å². The Morgan fingerprint density at radius 1 is 1.30 bits per heavy atom. The van der Waals surface area contributed by atoms with Crippen LogP contribution in [0.1, 0.15) is 27.8 Å². The second kappa shape index (κ2) is 6.93. The molecule has 2 aromatic heterocycles. The largest absolute Gasteiger partial charge is 0.338 e. The molecule has 3 rings (SSSR count). The molecule has 0 atom stereocenters. The summed E-state index contributed by atoms with van der Waals surface area (Å²) in [5, 5.41) is 9.08. The lowest BCUT2D eigenvalue weighted by molar-refractivity contribution is 0.102. The molecule has 0 aliphatic rings. The van der Waals surface area contributed by atoms with Crippen LogP contribution in [0.15, 0.2) is 39.1 Å². The fraction of sp³-hybridized carbons (Fsp3) is 0.200. The quantitative estimate of drug-likeness (QED) is 0.710. The van der Waals surface area contributed by atoms with Crippen LogP contribution in [0.2, 0.25) is 0 Å². The van der Waals surface area contributed by atoms with Gasteiger partial charge in [-0.05, 0) is 26.0 Å². The van der Waals surface area contributed by atoms with Crippen molar-refractivity contribution in [2.24, 2.45) is 0 Å². The molecule has 3 aromatic rings. The smallest absolute Gasteiger partial charge is 0.258 e. The third-order valence-electron chi connectivity index (χ3n) is 2.89. The Morgan fingerprint density at radius 2 is 2.13 bits per heavy atom. The molecule has 0 aliphatic carbocycles. The van der Waals surface area contributed by atoms with Gasteiger partial charge in [0.15, 0.2) is 11.0 Å². The number of benzene rings is 1. The van der Waals surface area contributed by atoms with Gasteiger partial charge in [-0.3, -0.25) is 10.1 Å². The topological polar surface area (TPSA) is 80.9 Å². The van der Waals surface area contributed by atoms with E-state index in [9.17, 15) is 4.79 Å². The molecule has 0 bridgehead atoms. The molecule has 0 saturated carbocycles. The summed E-state index contributed by atoms with van der Waals surface area (Å²) in [5.41, 5.74) is 1.49. The first-order chi connectivity index (χ1) is 11.1. The van der Waals surface area contributed by atoms with Gasteiger partial charge in [0.1, 0.15) is 0 Å². The van der Waals surface area contributed by atoms with Gasteiger partial charge in [-0.2, -0.15) is 4.98 Å². The summed E-state index contributed by atoms with van der Waals surface area (Å²) in [7, 11) is 0. The van der Waals surface area contributed by atoms with E-state index in [1.165, 1.54) is 23.1 Å². The molecule has 23 heavy (non-hydrogen) atoms. The average Bonchev–Trinajstić information content (AvgIpc) is 3.14. The second-order valence-corrected chi connectivity index (χ2v) is 6.64. The molecule has 118 valence electrons. The minimum atomic E-state index is -0.177. The van der Waals surface area contributed by atoms with E-state index in [-0.39, 0.29) is 5.91 Å². The number of aryl methyl sites for hydroxylation is 2. The van der Waals surface area contributed by atoms with Crippen molar-refractivity contribution < 1.29 is 9.32 Å². The third kappa shape index (κ3) is 3.96. The number of hydrogen-bond donors (Lipinski definition) is 1. The first kappa shape index (κ1) is 15.7. The van der Waals surface area contributed by atoms with Crippen LogP contribution in [-0.2, 0) is 5.75 Å². The van der Waals surface area contributed by atoms with Crippen LogP contribution in [0.4, 0.5) is 5.13 Å². The minimum absolute atomic E-state index is 0.177.